The van der Waals surface area contributed by atoms with Crippen LogP contribution in [0.25, 0.3) is 0 Å². The number of benzene rings is 2. The zero-order valence-electron chi connectivity index (χ0n) is 15.1. The van der Waals surface area contributed by atoms with Crippen molar-refractivity contribution < 1.29 is 19.0 Å². The fourth-order valence-electron chi connectivity index (χ4n) is 2.72. The lowest BCUT2D eigenvalue weighted by molar-refractivity contribution is -0.125. The van der Waals surface area contributed by atoms with Crippen molar-refractivity contribution in [1.82, 2.24) is 0 Å². The van der Waals surface area contributed by atoms with Crippen LogP contribution in [-0.2, 0) is 4.79 Å². The topological polar surface area (TPSA) is 56.8 Å². The SMILES string of the molecule is CCCCCCOc1ccc(NC(=O)C2COc3ccccc3O2)cc1. The van der Waals surface area contributed by atoms with Gasteiger partial charge in [0.1, 0.15) is 12.4 Å². The second kappa shape index (κ2) is 9.13. The van der Waals surface area contributed by atoms with Gasteiger partial charge in [-0.15, -0.1) is 0 Å². The van der Waals surface area contributed by atoms with Crippen molar-refractivity contribution in [2.24, 2.45) is 0 Å². The number of amides is 1. The average molecular weight is 355 g/mol. The van der Waals surface area contributed by atoms with Gasteiger partial charge < -0.3 is 19.5 Å². The van der Waals surface area contributed by atoms with E-state index in [1.807, 2.05) is 42.5 Å². The summed E-state index contributed by atoms with van der Waals surface area (Å²) in [7, 11) is 0. The van der Waals surface area contributed by atoms with Gasteiger partial charge in [-0.05, 0) is 42.8 Å². The van der Waals surface area contributed by atoms with Crippen molar-refractivity contribution in [3.05, 3.63) is 48.5 Å². The van der Waals surface area contributed by atoms with E-state index in [-0.39, 0.29) is 12.5 Å². The first kappa shape index (κ1) is 18.1. The highest BCUT2D eigenvalue weighted by Gasteiger charge is 2.27. The third-order valence-electron chi connectivity index (χ3n) is 4.19. The summed E-state index contributed by atoms with van der Waals surface area (Å²) < 4.78 is 17.0. The van der Waals surface area contributed by atoms with Crippen molar-refractivity contribution >= 4 is 11.6 Å². The molecule has 0 aliphatic carbocycles. The van der Waals surface area contributed by atoms with Gasteiger partial charge in [0.05, 0.1) is 6.61 Å². The Morgan fingerprint density at radius 3 is 2.62 bits per heavy atom. The summed E-state index contributed by atoms with van der Waals surface area (Å²) in [4.78, 5) is 12.4. The molecule has 1 atom stereocenters. The molecular formula is C21H25NO4. The van der Waals surface area contributed by atoms with Crippen molar-refractivity contribution in [3.63, 3.8) is 0 Å². The summed E-state index contributed by atoms with van der Waals surface area (Å²) in [6.07, 6.45) is 4.05. The molecule has 0 spiro atoms. The Morgan fingerprint density at radius 1 is 1.08 bits per heavy atom. The Balaban J connectivity index is 1.47. The number of anilines is 1. The van der Waals surface area contributed by atoms with Crippen LogP contribution in [0.2, 0.25) is 0 Å². The third-order valence-corrected chi connectivity index (χ3v) is 4.19. The molecule has 1 aliphatic heterocycles. The molecule has 0 fully saturated rings. The van der Waals surface area contributed by atoms with E-state index in [1.165, 1.54) is 19.3 Å². The van der Waals surface area contributed by atoms with Crippen LogP contribution in [0.4, 0.5) is 5.69 Å². The molecule has 1 amide bonds. The molecule has 1 heterocycles. The predicted molar refractivity (Wildman–Crippen MR) is 101 cm³/mol. The highest BCUT2D eigenvalue weighted by molar-refractivity contribution is 5.94. The van der Waals surface area contributed by atoms with E-state index in [0.29, 0.717) is 17.2 Å². The number of unbranched alkanes of at least 4 members (excludes halogenated alkanes) is 3. The third kappa shape index (κ3) is 4.91. The molecule has 3 rings (SSSR count). The van der Waals surface area contributed by atoms with Crippen molar-refractivity contribution in [2.75, 3.05) is 18.5 Å². The van der Waals surface area contributed by atoms with Gasteiger partial charge in [0.2, 0.25) is 6.10 Å². The van der Waals surface area contributed by atoms with E-state index in [0.717, 1.165) is 18.8 Å². The largest absolute Gasteiger partial charge is 0.494 e. The Labute approximate surface area is 154 Å². The summed E-state index contributed by atoms with van der Waals surface area (Å²) >= 11 is 0. The molecule has 26 heavy (non-hydrogen) atoms. The van der Waals surface area contributed by atoms with Gasteiger partial charge in [-0.25, -0.2) is 0 Å². The summed E-state index contributed by atoms with van der Waals surface area (Å²) in [6, 6.07) is 14.7. The van der Waals surface area contributed by atoms with Crippen LogP contribution < -0.4 is 19.5 Å². The van der Waals surface area contributed by atoms with Crippen LogP contribution >= 0.6 is 0 Å². The van der Waals surface area contributed by atoms with Crippen molar-refractivity contribution in [3.8, 4) is 17.2 Å². The highest BCUT2D eigenvalue weighted by Crippen LogP contribution is 2.31. The molecule has 0 radical (unpaired) electrons. The number of carbonyl (C=O) groups excluding carboxylic acids is 1. The number of hydrogen-bond acceptors (Lipinski definition) is 4. The Kier molecular flexibility index (Phi) is 6.36. The first-order valence-corrected chi connectivity index (χ1v) is 9.18. The summed E-state index contributed by atoms with van der Waals surface area (Å²) in [5.41, 5.74) is 0.704. The summed E-state index contributed by atoms with van der Waals surface area (Å²) in [5.74, 6) is 1.83. The molecule has 0 aromatic heterocycles. The van der Waals surface area contributed by atoms with Crippen molar-refractivity contribution in [1.29, 1.82) is 0 Å². The Morgan fingerprint density at radius 2 is 1.85 bits per heavy atom. The molecule has 1 aliphatic rings. The van der Waals surface area contributed by atoms with Crippen LogP contribution in [0.15, 0.2) is 48.5 Å². The minimum atomic E-state index is -0.667. The van der Waals surface area contributed by atoms with Crippen molar-refractivity contribution in [2.45, 2.75) is 38.7 Å². The van der Waals surface area contributed by atoms with Gasteiger partial charge in [0, 0.05) is 5.69 Å². The monoisotopic (exact) mass is 355 g/mol. The zero-order valence-corrected chi connectivity index (χ0v) is 15.1. The Hall–Kier alpha value is -2.69. The van der Waals surface area contributed by atoms with Gasteiger partial charge in [-0.1, -0.05) is 38.3 Å². The molecule has 138 valence electrons. The molecule has 0 bridgehead atoms. The molecule has 2 aromatic rings. The van der Waals surface area contributed by atoms with Gasteiger partial charge in [0.15, 0.2) is 11.5 Å². The van der Waals surface area contributed by atoms with Gasteiger partial charge >= 0.3 is 0 Å². The first-order chi connectivity index (χ1) is 12.8. The smallest absolute Gasteiger partial charge is 0.269 e. The zero-order chi connectivity index (χ0) is 18.2. The first-order valence-electron chi connectivity index (χ1n) is 9.18. The van der Waals surface area contributed by atoms with E-state index >= 15 is 0 Å². The summed E-state index contributed by atoms with van der Waals surface area (Å²) in [5, 5.41) is 2.85. The van der Waals surface area contributed by atoms with Gasteiger partial charge in [-0.2, -0.15) is 0 Å². The van der Waals surface area contributed by atoms with Crippen LogP contribution in [-0.4, -0.2) is 25.2 Å². The fourth-order valence-corrected chi connectivity index (χ4v) is 2.72. The number of ether oxygens (including phenoxy) is 3. The predicted octanol–water partition coefficient (Wildman–Crippen LogP) is 4.42. The molecule has 5 heteroatoms. The number of fused-ring (bicyclic) bond motifs is 1. The van der Waals surface area contributed by atoms with Crippen LogP contribution in [0.5, 0.6) is 17.2 Å². The van der Waals surface area contributed by atoms with Crippen LogP contribution in [0, 0.1) is 0 Å². The van der Waals surface area contributed by atoms with E-state index in [4.69, 9.17) is 14.2 Å². The average Bonchev–Trinajstić information content (AvgIpc) is 2.68. The fraction of sp³-hybridized carbons (Fsp3) is 0.381. The van der Waals surface area contributed by atoms with Gasteiger partial charge in [-0.3, -0.25) is 4.79 Å². The number of carbonyl (C=O) groups is 1. The van der Waals surface area contributed by atoms with E-state index in [1.54, 1.807) is 6.07 Å². The molecule has 0 saturated heterocycles. The lowest BCUT2D eigenvalue weighted by Gasteiger charge is -2.25. The standard InChI is InChI=1S/C21H25NO4/c1-2-3-4-7-14-24-17-12-10-16(11-13-17)22-21(23)20-15-25-18-8-5-6-9-19(18)26-20/h5-6,8-13,20H,2-4,7,14-15H2,1H3,(H,22,23). The summed E-state index contributed by atoms with van der Waals surface area (Å²) in [6.45, 7) is 3.11. The molecule has 5 nitrogen and oxygen atoms in total. The Bertz CT molecular complexity index is 714. The van der Waals surface area contributed by atoms with E-state index in [2.05, 4.69) is 12.2 Å². The minimum Gasteiger partial charge on any atom is -0.494 e. The molecule has 2 aromatic carbocycles. The number of para-hydroxylation sites is 2. The molecular weight excluding hydrogens is 330 g/mol. The molecule has 1 unspecified atom stereocenters. The highest BCUT2D eigenvalue weighted by atomic mass is 16.6. The minimum absolute atomic E-state index is 0.196. The number of nitrogens with one attached hydrogen (secondary N) is 1. The number of hydrogen-bond donors (Lipinski definition) is 1. The second-order valence-electron chi connectivity index (χ2n) is 6.29. The maximum absolute atomic E-state index is 12.4. The maximum Gasteiger partial charge on any atom is 0.269 e. The van der Waals surface area contributed by atoms with E-state index < -0.39 is 6.10 Å². The normalized spacial score (nSPS) is 15.3. The van der Waals surface area contributed by atoms with E-state index in [9.17, 15) is 4.79 Å². The van der Waals surface area contributed by atoms with Gasteiger partial charge in [0.25, 0.3) is 5.91 Å². The molecule has 0 saturated carbocycles. The maximum atomic E-state index is 12.4. The second-order valence-corrected chi connectivity index (χ2v) is 6.29. The van der Waals surface area contributed by atoms with Crippen LogP contribution in [0.3, 0.4) is 0 Å². The number of rotatable bonds is 8. The lowest BCUT2D eigenvalue weighted by Crippen LogP contribution is -2.40. The quantitative estimate of drug-likeness (QED) is 0.712. The molecule has 1 N–H and O–H groups in total. The lowest BCUT2D eigenvalue weighted by atomic mass is 10.2. The van der Waals surface area contributed by atoms with Crippen LogP contribution in [0.1, 0.15) is 32.6 Å².